The van der Waals surface area contributed by atoms with Gasteiger partial charge in [-0.3, -0.25) is 0 Å². The third-order valence-electron chi connectivity index (χ3n) is 2.35. The minimum absolute atomic E-state index is 0.343. The first-order chi connectivity index (χ1) is 6.56. The van der Waals surface area contributed by atoms with Gasteiger partial charge in [0.2, 0.25) is 0 Å². The van der Waals surface area contributed by atoms with E-state index >= 15 is 0 Å². The molecule has 78 valence electrons. The minimum atomic E-state index is -0.688. The van der Waals surface area contributed by atoms with Gasteiger partial charge in [0.1, 0.15) is 5.82 Å². The zero-order chi connectivity index (χ0) is 10.7. The second kappa shape index (κ2) is 4.53. The Morgan fingerprint density at radius 3 is 2.64 bits per heavy atom. The average molecular weight is 197 g/mol. The zero-order valence-electron chi connectivity index (χ0n) is 8.50. The predicted octanol–water partition coefficient (Wildman–Crippen LogP) is 1.90. The van der Waals surface area contributed by atoms with Crippen LogP contribution in [0, 0.1) is 12.7 Å². The van der Waals surface area contributed by atoms with E-state index < -0.39 is 12.1 Å². The second-order valence-electron chi connectivity index (χ2n) is 3.53. The molecule has 0 aromatic heterocycles. The highest BCUT2D eigenvalue weighted by molar-refractivity contribution is 5.26. The Morgan fingerprint density at radius 1 is 1.50 bits per heavy atom. The van der Waals surface area contributed by atoms with Crippen LogP contribution < -0.4 is 5.73 Å². The highest BCUT2D eigenvalue weighted by Gasteiger charge is 2.18. The molecule has 0 aliphatic heterocycles. The summed E-state index contributed by atoms with van der Waals surface area (Å²) in [4.78, 5) is 0. The molecule has 14 heavy (non-hydrogen) atoms. The van der Waals surface area contributed by atoms with Crippen LogP contribution in [0.4, 0.5) is 4.39 Å². The number of hydrogen-bond donors (Lipinski definition) is 2. The number of aliphatic hydroxyl groups is 1. The average Bonchev–Trinajstić information content (AvgIpc) is 2.15. The van der Waals surface area contributed by atoms with Crippen molar-refractivity contribution in [1.29, 1.82) is 0 Å². The van der Waals surface area contributed by atoms with Gasteiger partial charge in [-0.05, 0) is 25.0 Å². The maximum absolute atomic E-state index is 13.4. The Morgan fingerprint density at radius 2 is 2.14 bits per heavy atom. The topological polar surface area (TPSA) is 46.2 Å². The molecule has 3 N–H and O–H groups in total. The van der Waals surface area contributed by atoms with Gasteiger partial charge in [-0.2, -0.15) is 0 Å². The maximum atomic E-state index is 13.4. The van der Waals surface area contributed by atoms with Crippen LogP contribution in [-0.4, -0.2) is 11.2 Å². The van der Waals surface area contributed by atoms with E-state index in [1.807, 2.05) is 13.8 Å². The molecule has 1 rings (SSSR count). The van der Waals surface area contributed by atoms with E-state index in [4.69, 9.17) is 5.73 Å². The summed E-state index contributed by atoms with van der Waals surface area (Å²) in [6, 6.07) is 4.22. The lowest BCUT2D eigenvalue weighted by atomic mass is 9.99. The molecule has 0 aliphatic rings. The molecular weight excluding hydrogens is 181 g/mol. The number of benzene rings is 1. The van der Waals surface area contributed by atoms with Crippen molar-refractivity contribution in [2.24, 2.45) is 5.73 Å². The van der Waals surface area contributed by atoms with Crippen LogP contribution in [0.1, 0.15) is 30.5 Å². The van der Waals surface area contributed by atoms with Crippen LogP contribution in [0.2, 0.25) is 0 Å². The molecule has 1 aromatic carbocycles. The van der Waals surface area contributed by atoms with Crippen molar-refractivity contribution in [2.75, 3.05) is 0 Å². The SMILES string of the molecule is CC[C@@H](O)[C@@H](N)c1ccc(C)cc1F. The van der Waals surface area contributed by atoms with Crippen molar-refractivity contribution >= 4 is 0 Å². The highest BCUT2D eigenvalue weighted by Crippen LogP contribution is 2.20. The molecule has 0 bridgehead atoms. The van der Waals surface area contributed by atoms with Crippen LogP contribution in [0.5, 0.6) is 0 Å². The summed E-state index contributed by atoms with van der Waals surface area (Å²) in [6.07, 6.45) is -0.165. The molecule has 0 fully saturated rings. The van der Waals surface area contributed by atoms with Gasteiger partial charge in [-0.25, -0.2) is 4.39 Å². The molecule has 0 amide bonds. The van der Waals surface area contributed by atoms with Crippen molar-refractivity contribution in [2.45, 2.75) is 32.4 Å². The highest BCUT2D eigenvalue weighted by atomic mass is 19.1. The van der Waals surface area contributed by atoms with Crippen LogP contribution in [0.25, 0.3) is 0 Å². The summed E-state index contributed by atoms with van der Waals surface area (Å²) >= 11 is 0. The first-order valence-corrected chi connectivity index (χ1v) is 4.76. The lowest BCUT2D eigenvalue weighted by molar-refractivity contribution is 0.139. The van der Waals surface area contributed by atoms with Crippen molar-refractivity contribution in [3.8, 4) is 0 Å². The summed E-state index contributed by atoms with van der Waals surface area (Å²) in [5.74, 6) is -0.343. The Labute approximate surface area is 83.6 Å². The third-order valence-corrected chi connectivity index (χ3v) is 2.35. The quantitative estimate of drug-likeness (QED) is 0.777. The maximum Gasteiger partial charge on any atom is 0.128 e. The van der Waals surface area contributed by atoms with Crippen molar-refractivity contribution in [1.82, 2.24) is 0 Å². The number of aryl methyl sites for hydroxylation is 1. The van der Waals surface area contributed by atoms with Gasteiger partial charge in [-0.15, -0.1) is 0 Å². The molecule has 3 heteroatoms. The Kier molecular flexibility index (Phi) is 3.61. The van der Waals surface area contributed by atoms with Crippen LogP contribution >= 0.6 is 0 Å². The molecular formula is C11H16FNO. The Balaban J connectivity index is 2.95. The summed E-state index contributed by atoms with van der Waals surface area (Å²) in [5.41, 5.74) is 6.94. The van der Waals surface area contributed by atoms with Gasteiger partial charge in [0.15, 0.2) is 0 Å². The zero-order valence-corrected chi connectivity index (χ0v) is 8.50. The van der Waals surface area contributed by atoms with Gasteiger partial charge in [0, 0.05) is 5.56 Å². The lowest BCUT2D eigenvalue weighted by Crippen LogP contribution is -2.26. The number of aliphatic hydroxyl groups excluding tert-OH is 1. The van der Waals surface area contributed by atoms with Gasteiger partial charge >= 0.3 is 0 Å². The van der Waals surface area contributed by atoms with Gasteiger partial charge in [0.25, 0.3) is 0 Å². The van der Waals surface area contributed by atoms with E-state index in [-0.39, 0.29) is 5.82 Å². The van der Waals surface area contributed by atoms with E-state index in [0.717, 1.165) is 5.56 Å². The number of hydrogen-bond acceptors (Lipinski definition) is 2. The fourth-order valence-corrected chi connectivity index (χ4v) is 1.36. The van der Waals surface area contributed by atoms with Crippen molar-refractivity contribution in [3.05, 3.63) is 35.1 Å². The minimum Gasteiger partial charge on any atom is -0.391 e. The van der Waals surface area contributed by atoms with Crippen LogP contribution in [0.15, 0.2) is 18.2 Å². The summed E-state index contributed by atoms with van der Waals surface area (Å²) in [7, 11) is 0. The van der Waals surface area contributed by atoms with Crippen LogP contribution in [0.3, 0.4) is 0 Å². The molecule has 0 spiro atoms. The fourth-order valence-electron chi connectivity index (χ4n) is 1.36. The summed E-state index contributed by atoms with van der Waals surface area (Å²) < 4.78 is 13.4. The molecule has 0 saturated heterocycles. The molecule has 2 nitrogen and oxygen atoms in total. The monoisotopic (exact) mass is 197 g/mol. The Hall–Kier alpha value is -0.930. The van der Waals surface area contributed by atoms with E-state index in [9.17, 15) is 9.50 Å². The Bertz CT molecular complexity index is 314. The number of rotatable bonds is 3. The van der Waals surface area contributed by atoms with E-state index in [2.05, 4.69) is 0 Å². The molecule has 0 aliphatic carbocycles. The van der Waals surface area contributed by atoms with E-state index in [1.54, 1.807) is 12.1 Å². The van der Waals surface area contributed by atoms with Gasteiger partial charge in [-0.1, -0.05) is 19.1 Å². The molecule has 0 unspecified atom stereocenters. The molecule has 0 radical (unpaired) electrons. The summed E-state index contributed by atoms with van der Waals surface area (Å²) in [6.45, 7) is 3.63. The largest absolute Gasteiger partial charge is 0.391 e. The van der Waals surface area contributed by atoms with Crippen LogP contribution in [-0.2, 0) is 0 Å². The second-order valence-corrected chi connectivity index (χ2v) is 3.53. The van der Waals surface area contributed by atoms with E-state index in [1.165, 1.54) is 6.07 Å². The van der Waals surface area contributed by atoms with Crippen molar-refractivity contribution in [3.63, 3.8) is 0 Å². The number of nitrogens with two attached hydrogens (primary N) is 1. The number of halogens is 1. The fraction of sp³-hybridized carbons (Fsp3) is 0.455. The lowest BCUT2D eigenvalue weighted by Gasteiger charge is -2.18. The van der Waals surface area contributed by atoms with E-state index in [0.29, 0.717) is 12.0 Å². The van der Waals surface area contributed by atoms with Gasteiger partial charge in [0.05, 0.1) is 12.1 Å². The van der Waals surface area contributed by atoms with Gasteiger partial charge < -0.3 is 10.8 Å². The first-order valence-electron chi connectivity index (χ1n) is 4.76. The smallest absolute Gasteiger partial charge is 0.128 e. The molecule has 0 heterocycles. The van der Waals surface area contributed by atoms with Crippen molar-refractivity contribution < 1.29 is 9.50 Å². The molecule has 1 aromatic rings. The first kappa shape index (κ1) is 11.1. The standard InChI is InChI=1S/C11H16FNO/c1-3-10(14)11(13)8-5-4-7(2)6-9(8)12/h4-6,10-11,14H,3,13H2,1-2H3/t10-,11+/m1/s1. The normalized spacial score (nSPS) is 15.2. The summed E-state index contributed by atoms with van der Waals surface area (Å²) in [5, 5.41) is 9.48. The predicted molar refractivity (Wildman–Crippen MR) is 54.4 cm³/mol. The molecule has 0 saturated carbocycles. The molecule has 2 atom stereocenters. The third kappa shape index (κ3) is 2.30.